The van der Waals surface area contributed by atoms with E-state index < -0.39 is 5.97 Å². The number of fused-ring (bicyclic) bond motifs is 1. The quantitative estimate of drug-likeness (QED) is 0.849. The molecular weight excluding hydrogens is 214 g/mol. The molecule has 17 heavy (non-hydrogen) atoms. The number of benzene rings is 1. The second-order valence-electron chi connectivity index (χ2n) is 4.59. The molecule has 1 aliphatic rings. The van der Waals surface area contributed by atoms with E-state index in [0.29, 0.717) is 6.42 Å². The Balaban J connectivity index is 2.12. The maximum Gasteiger partial charge on any atom is 0.303 e. The number of aryl methyl sites for hydroxylation is 1. The van der Waals surface area contributed by atoms with Crippen LogP contribution >= 0.6 is 0 Å². The van der Waals surface area contributed by atoms with Crippen molar-refractivity contribution in [3.63, 3.8) is 0 Å². The molecule has 1 aromatic carbocycles. The molecule has 0 atom stereocenters. The maximum absolute atomic E-state index is 10.6. The van der Waals surface area contributed by atoms with Gasteiger partial charge in [-0.2, -0.15) is 0 Å². The predicted octanol–water partition coefficient (Wildman–Crippen LogP) is 2.48. The molecule has 0 fully saturated rings. The second-order valence-corrected chi connectivity index (χ2v) is 4.59. The van der Waals surface area contributed by atoms with Crippen LogP contribution in [0, 0.1) is 0 Å². The lowest BCUT2D eigenvalue weighted by atomic mass is 10.1. The molecule has 0 saturated carbocycles. The Hall–Kier alpha value is -1.51. The highest BCUT2D eigenvalue weighted by atomic mass is 16.4. The Morgan fingerprint density at radius 1 is 1.47 bits per heavy atom. The summed E-state index contributed by atoms with van der Waals surface area (Å²) in [5.74, 6) is -0.726. The predicted molar refractivity (Wildman–Crippen MR) is 68.6 cm³/mol. The molecular formula is C14H19NO2. The molecule has 0 amide bonds. The van der Waals surface area contributed by atoms with Crippen LogP contribution < -0.4 is 4.90 Å². The first-order valence-electron chi connectivity index (χ1n) is 6.29. The van der Waals surface area contributed by atoms with Crippen molar-refractivity contribution >= 4 is 11.7 Å². The number of nitrogens with zero attached hydrogens (tertiary/aromatic N) is 1. The summed E-state index contributed by atoms with van der Waals surface area (Å²) in [4.78, 5) is 13.0. The summed E-state index contributed by atoms with van der Waals surface area (Å²) >= 11 is 0. The van der Waals surface area contributed by atoms with Crippen molar-refractivity contribution in [1.82, 2.24) is 0 Å². The SMILES string of the molecule is CCCN1CCc2ccc(CCC(=O)O)cc21. The van der Waals surface area contributed by atoms with Gasteiger partial charge in [0.05, 0.1) is 0 Å². The molecule has 3 nitrogen and oxygen atoms in total. The smallest absolute Gasteiger partial charge is 0.303 e. The van der Waals surface area contributed by atoms with E-state index in [0.717, 1.165) is 31.5 Å². The number of carbonyl (C=O) groups is 1. The summed E-state index contributed by atoms with van der Waals surface area (Å²) in [6.07, 6.45) is 3.11. The summed E-state index contributed by atoms with van der Waals surface area (Å²) in [6, 6.07) is 6.39. The molecule has 2 rings (SSSR count). The molecule has 1 heterocycles. The molecule has 0 radical (unpaired) electrons. The zero-order valence-electron chi connectivity index (χ0n) is 10.3. The Morgan fingerprint density at radius 2 is 2.29 bits per heavy atom. The van der Waals surface area contributed by atoms with Gasteiger partial charge in [0.2, 0.25) is 0 Å². The molecule has 0 aliphatic carbocycles. The van der Waals surface area contributed by atoms with Crippen LogP contribution in [0.2, 0.25) is 0 Å². The molecule has 0 unspecified atom stereocenters. The number of rotatable bonds is 5. The van der Waals surface area contributed by atoms with Crippen molar-refractivity contribution < 1.29 is 9.90 Å². The molecule has 1 aromatic rings. The number of hydrogen-bond donors (Lipinski definition) is 1. The monoisotopic (exact) mass is 233 g/mol. The van der Waals surface area contributed by atoms with Crippen LogP contribution in [-0.4, -0.2) is 24.2 Å². The van der Waals surface area contributed by atoms with E-state index in [1.807, 2.05) is 0 Å². The Kier molecular flexibility index (Phi) is 3.67. The molecule has 92 valence electrons. The first-order valence-corrected chi connectivity index (χ1v) is 6.29. The third-order valence-electron chi connectivity index (χ3n) is 3.26. The lowest BCUT2D eigenvalue weighted by molar-refractivity contribution is -0.136. The first-order chi connectivity index (χ1) is 8.20. The van der Waals surface area contributed by atoms with Crippen molar-refractivity contribution in [2.75, 3.05) is 18.0 Å². The van der Waals surface area contributed by atoms with E-state index in [1.165, 1.54) is 11.3 Å². The molecule has 1 N–H and O–H groups in total. The van der Waals surface area contributed by atoms with E-state index in [4.69, 9.17) is 5.11 Å². The van der Waals surface area contributed by atoms with Crippen molar-refractivity contribution in [3.05, 3.63) is 29.3 Å². The van der Waals surface area contributed by atoms with Crippen LogP contribution in [0.5, 0.6) is 0 Å². The van der Waals surface area contributed by atoms with Crippen molar-refractivity contribution in [1.29, 1.82) is 0 Å². The summed E-state index contributed by atoms with van der Waals surface area (Å²) in [5, 5.41) is 8.69. The molecule has 3 heteroatoms. The highest BCUT2D eigenvalue weighted by Gasteiger charge is 2.18. The third-order valence-corrected chi connectivity index (χ3v) is 3.26. The minimum absolute atomic E-state index is 0.215. The lowest BCUT2D eigenvalue weighted by Crippen LogP contribution is -2.21. The fourth-order valence-electron chi connectivity index (χ4n) is 2.40. The highest BCUT2D eigenvalue weighted by Crippen LogP contribution is 2.29. The first kappa shape index (κ1) is 12.0. The van der Waals surface area contributed by atoms with Gasteiger partial charge in [0.15, 0.2) is 0 Å². The minimum atomic E-state index is -0.726. The largest absolute Gasteiger partial charge is 0.481 e. The van der Waals surface area contributed by atoms with Crippen LogP contribution in [0.4, 0.5) is 5.69 Å². The van der Waals surface area contributed by atoms with Crippen LogP contribution in [0.1, 0.15) is 30.9 Å². The van der Waals surface area contributed by atoms with E-state index >= 15 is 0 Å². The summed E-state index contributed by atoms with van der Waals surface area (Å²) in [6.45, 7) is 4.38. The van der Waals surface area contributed by atoms with Gasteiger partial charge in [-0.15, -0.1) is 0 Å². The Morgan fingerprint density at radius 3 is 3.00 bits per heavy atom. The standard InChI is InChI=1S/C14H19NO2/c1-2-8-15-9-7-12-5-3-11(10-13(12)15)4-6-14(16)17/h3,5,10H,2,4,6-9H2,1H3,(H,16,17). The van der Waals surface area contributed by atoms with Crippen LogP contribution in [0.3, 0.4) is 0 Å². The van der Waals surface area contributed by atoms with Gasteiger partial charge in [0.1, 0.15) is 0 Å². The van der Waals surface area contributed by atoms with E-state index in [-0.39, 0.29) is 6.42 Å². The van der Waals surface area contributed by atoms with Gasteiger partial charge >= 0.3 is 5.97 Å². The number of carboxylic acids is 1. The van der Waals surface area contributed by atoms with Gasteiger partial charge in [-0.1, -0.05) is 19.1 Å². The zero-order chi connectivity index (χ0) is 12.3. The van der Waals surface area contributed by atoms with Gasteiger partial charge in [-0.25, -0.2) is 0 Å². The fourth-order valence-corrected chi connectivity index (χ4v) is 2.40. The third kappa shape index (κ3) is 2.78. The van der Waals surface area contributed by atoms with Gasteiger partial charge in [-0.3, -0.25) is 4.79 Å². The van der Waals surface area contributed by atoms with E-state index in [1.54, 1.807) is 0 Å². The maximum atomic E-state index is 10.6. The number of hydrogen-bond acceptors (Lipinski definition) is 2. The number of carboxylic acid groups (broad SMARTS) is 1. The van der Waals surface area contributed by atoms with Crippen molar-refractivity contribution in [3.8, 4) is 0 Å². The van der Waals surface area contributed by atoms with Crippen LogP contribution in [0.25, 0.3) is 0 Å². The average molecular weight is 233 g/mol. The van der Waals surface area contributed by atoms with Gasteiger partial charge in [0.25, 0.3) is 0 Å². The van der Waals surface area contributed by atoms with Gasteiger partial charge in [0, 0.05) is 25.2 Å². The molecule has 0 spiro atoms. The highest BCUT2D eigenvalue weighted by molar-refractivity contribution is 5.67. The molecule has 0 saturated heterocycles. The topological polar surface area (TPSA) is 40.5 Å². The van der Waals surface area contributed by atoms with Crippen molar-refractivity contribution in [2.24, 2.45) is 0 Å². The van der Waals surface area contributed by atoms with Crippen LogP contribution in [-0.2, 0) is 17.6 Å². The van der Waals surface area contributed by atoms with Gasteiger partial charge in [-0.05, 0) is 36.5 Å². The average Bonchev–Trinajstić information content (AvgIpc) is 2.70. The molecule has 1 aliphatic heterocycles. The fraction of sp³-hybridized carbons (Fsp3) is 0.500. The lowest BCUT2D eigenvalue weighted by Gasteiger charge is -2.18. The van der Waals surface area contributed by atoms with E-state index in [9.17, 15) is 4.79 Å². The normalized spacial score (nSPS) is 13.8. The Bertz CT molecular complexity index is 413. The zero-order valence-corrected chi connectivity index (χ0v) is 10.3. The Labute approximate surface area is 102 Å². The summed E-state index contributed by atoms with van der Waals surface area (Å²) in [5.41, 5.74) is 3.85. The molecule has 0 aromatic heterocycles. The molecule has 0 bridgehead atoms. The van der Waals surface area contributed by atoms with Crippen LogP contribution in [0.15, 0.2) is 18.2 Å². The number of anilines is 1. The minimum Gasteiger partial charge on any atom is -0.481 e. The van der Waals surface area contributed by atoms with Crippen molar-refractivity contribution in [2.45, 2.75) is 32.6 Å². The van der Waals surface area contributed by atoms with E-state index in [2.05, 4.69) is 30.0 Å². The summed E-state index contributed by atoms with van der Waals surface area (Å²) < 4.78 is 0. The number of aliphatic carboxylic acids is 1. The second kappa shape index (κ2) is 5.21. The van der Waals surface area contributed by atoms with Gasteiger partial charge < -0.3 is 10.0 Å². The summed E-state index contributed by atoms with van der Waals surface area (Å²) in [7, 11) is 0.